The molecule has 0 radical (unpaired) electrons. The molecule has 6 heteroatoms. The zero-order chi connectivity index (χ0) is 20.4. The largest absolute Gasteiger partial charge is 0.448 e. The smallest absolute Gasteiger partial charge is 0.355 e. The molecule has 0 saturated carbocycles. The number of aliphatic hydroxyl groups is 1. The van der Waals surface area contributed by atoms with E-state index in [0.717, 1.165) is 30.5 Å². The van der Waals surface area contributed by atoms with Gasteiger partial charge in [-0.2, -0.15) is 0 Å². The Balaban J connectivity index is 1.67. The van der Waals surface area contributed by atoms with Crippen LogP contribution in [0.1, 0.15) is 77.3 Å². The van der Waals surface area contributed by atoms with Gasteiger partial charge in [0.1, 0.15) is 5.69 Å². The summed E-state index contributed by atoms with van der Waals surface area (Å²) >= 11 is 0. The highest BCUT2D eigenvalue weighted by atomic mass is 16.5. The topological polar surface area (TPSA) is 91.4 Å². The van der Waals surface area contributed by atoms with Gasteiger partial charge in [0.25, 0.3) is 5.91 Å². The fourth-order valence-corrected chi connectivity index (χ4v) is 4.06. The van der Waals surface area contributed by atoms with Crippen LogP contribution < -0.4 is 5.32 Å². The molecule has 0 unspecified atom stereocenters. The Bertz CT molecular complexity index is 885. The molecule has 1 heterocycles. The third-order valence-electron chi connectivity index (χ3n) is 5.46. The lowest BCUT2D eigenvalue weighted by atomic mass is 9.87. The van der Waals surface area contributed by atoms with Crippen LogP contribution in [0.3, 0.4) is 0 Å². The van der Waals surface area contributed by atoms with Crippen molar-refractivity contribution < 1.29 is 19.4 Å². The van der Waals surface area contributed by atoms with Gasteiger partial charge in [-0.25, -0.2) is 4.79 Å². The van der Waals surface area contributed by atoms with Crippen LogP contribution in [0.4, 0.5) is 0 Å². The van der Waals surface area contributed by atoms with Gasteiger partial charge >= 0.3 is 5.97 Å². The summed E-state index contributed by atoms with van der Waals surface area (Å²) in [6.07, 6.45) is 1.30. The average molecular weight is 384 g/mol. The molecule has 2 aromatic rings. The van der Waals surface area contributed by atoms with E-state index in [1.54, 1.807) is 27.7 Å². The molecule has 3 atom stereocenters. The van der Waals surface area contributed by atoms with Gasteiger partial charge in [-0.15, -0.1) is 0 Å². The SMILES string of the molecule is Cc1[nH]c(C(=O)O[C@H](C)C(=O)N[C@H]2CCCc3ccccc32)c(C)c1[C@@H](C)O. The molecule has 1 amide bonds. The highest BCUT2D eigenvalue weighted by molar-refractivity contribution is 5.92. The van der Waals surface area contributed by atoms with Gasteiger partial charge in [0, 0.05) is 11.3 Å². The number of carbonyl (C=O) groups is 2. The van der Waals surface area contributed by atoms with Crippen LogP contribution in [0.2, 0.25) is 0 Å². The van der Waals surface area contributed by atoms with Gasteiger partial charge in [-0.05, 0) is 63.6 Å². The monoisotopic (exact) mass is 384 g/mol. The third-order valence-corrected chi connectivity index (χ3v) is 5.46. The van der Waals surface area contributed by atoms with Gasteiger partial charge < -0.3 is 20.1 Å². The number of aromatic nitrogens is 1. The zero-order valence-electron chi connectivity index (χ0n) is 16.8. The summed E-state index contributed by atoms with van der Waals surface area (Å²) < 4.78 is 5.39. The van der Waals surface area contributed by atoms with E-state index in [2.05, 4.69) is 16.4 Å². The lowest BCUT2D eigenvalue weighted by Gasteiger charge is -2.27. The number of fused-ring (bicyclic) bond motifs is 1. The van der Waals surface area contributed by atoms with E-state index in [9.17, 15) is 14.7 Å². The van der Waals surface area contributed by atoms with E-state index in [1.165, 1.54) is 5.56 Å². The fourth-order valence-electron chi connectivity index (χ4n) is 4.06. The number of ether oxygens (including phenoxy) is 1. The van der Waals surface area contributed by atoms with E-state index in [-0.39, 0.29) is 17.6 Å². The average Bonchev–Trinajstić information content (AvgIpc) is 2.96. The highest BCUT2D eigenvalue weighted by Crippen LogP contribution is 2.29. The quantitative estimate of drug-likeness (QED) is 0.689. The minimum atomic E-state index is -0.917. The number of H-pyrrole nitrogens is 1. The lowest BCUT2D eigenvalue weighted by Crippen LogP contribution is -2.39. The summed E-state index contributed by atoms with van der Waals surface area (Å²) in [6, 6.07) is 8.06. The molecule has 0 fully saturated rings. The third kappa shape index (κ3) is 3.97. The van der Waals surface area contributed by atoms with Crippen molar-refractivity contribution in [1.29, 1.82) is 0 Å². The van der Waals surface area contributed by atoms with Crippen LogP contribution in [-0.2, 0) is 16.0 Å². The summed E-state index contributed by atoms with van der Waals surface area (Å²) in [5.41, 5.74) is 4.71. The van der Waals surface area contributed by atoms with Crippen molar-refractivity contribution in [1.82, 2.24) is 10.3 Å². The number of aliphatic hydroxyl groups excluding tert-OH is 1. The van der Waals surface area contributed by atoms with Gasteiger partial charge in [-0.3, -0.25) is 4.79 Å². The molecule has 3 N–H and O–H groups in total. The predicted octanol–water partition coefficient (Wildman–Crippen LogP) is 3.42. The number of hydrogen-bond acceptors (Lipinski definition) is 4. The number of aryl methyl sites for hydroxylation is 2. The number of rotatable bonds is 5. The van der Waals surface area contributed by atoms with Crippen molar-refractivity contribution in [2.45, 2.75) is 65.2 Å². The number of aromatic amines is 1. The van der Waals surface area contributed by atoms with Crippen LogP contribution >= 0.6 is 0 Å². The predicted molar refractivity (Wildman–Crippen MR) is 106 cm³/mol. The molecule has 1 aromatic heterocycles. The molecule has 3 rings (SSSR count). The molecule has 0 aliphatic heterocycles. The van der Waals surface area contributed by atoms with E-state index in [1.807, 2.05) is 18.2 Å². The van der Waals surface area contributed by atoms with E-state index in [4.69, 9.17) is 4.74 Å². The summed E-state index contributed by atoms with van der Waals surface area (Å²) in [7, 11) is 0. The first kappa shape index (κ1) is 20.1. The first-order valence-corrected chi connectivity index (χ1v) is 9.75. The van der Waals surface area contributed by atoms with Gasteiger partial charge in [0.2, 0.25) is 0 Å². The van der Waals surface area contributed by atoms with Crippen LogP contribution in [-0.4, -0.2) is 28.1 Å². The molecule has 0 spiro atoms. The molecule has 1 aliphatic rings. The van der Waals surface area contributed by atoms with Crippen molar-refractivity contribution >= 4 is 11.9 Å². The van der Waals surface area contributed by atoms with Crippen LogP contribution in [0, 0.1) is 13.8 Å². The minimum Gasteiger partial charge on any atom is -0.448 e. The second kappa shape index (κ2) is 8.19. The van der Waals surface area contributed by atoms with Crippen molar-refractivity contribution in [3.63, 3.8) is 0 Å². The zero-order valence-corrected chi connectivity index (χ0v) is 16.8. The summed E-state index contributed by atoms with van der Waals surface area (Å²) in [5.74, 6) is -0.911. The van der Waals surface area contributed by atoms with Crippen molar-refractivity contribution in [2.24, 2.45) is 0 Å². The molecule has 6 nitrogen and oxygen atoms in total. The van der Waals surface area contributed by atoms with E-state index in [0.29, 0.717) is 11.1 Å². The molecule has 0 saturated heterocycles. The molecule has 1 aliphatic carbocycles. The van der Waals surface area contributed by atoms with E-state index < -0.39 is 18.2 Å². The Labute approximate surface area is 165 Å². The minimum absolute atomic E-state index is 0.0603. The van der Waals surface area contributed by atoms with E-state index >= 15 is 0 Å². The number of carbonyl (C=O) groups excluding carboxylic acids is 2. The van der Waals surface area contributed by atoms with Gasteiger partial charge in [-0.1, -0.05) is 24.3 Å². The molecular weight excluding hydrogens is 356 g/mol. The number of nitrogens with one attached hydrogen (secondary N) is 2. The van der Waals surface area contributed by atoms with Crippen LogP contribution in [0.15, 0.2) is 24.3 Å². The second-order valence-corrected chi connectivity index (χ2v) is 7.54. The summed E-state index contributed by atoms with van der Waals surface area (Å²) in [6.45, 7) is 6.77. The molecule has 0 bridgehead atoms. The Morgan fingerprint density at radius 2 is 1.96 bits per heavy atom. The van der Waals surface area contributed by atoms with Crippen LogP contribution in [0.5, 0.6) is 0 Å². The van der Waals surface area contributed by atoms with Gasteiger partial charge in [0.15, 0.2) is 6.10 Å². The molecule has 150 valence electrons. The van der Waals surface area contributed by atoms with Crippen LogP contribution in [0.25, 0.3) is 0 Å². The first-order valence-electron chi connectivity index (χ1n) is 9.75. The summed E-state index contributed by atoms with van der Waals surface area (Å²) in [5, 5.41) is 12.9. The Hall–Kier alpha value is -2.60. The maximum absolute atomic E-state index is 12.6. The molecule has 1 aromatic carbocycles. The Kier molecular flexibility index (Phi) is 5.89. The maximum atomic E-state index is 12.6. The first-order chi connectivity index (χ1) is 13.3. The summed E-state index contributed by atoms with van der Waals surface area (Å²) in [4.78, 5) is 28.1. The number of amides is 1. The number of benzene rings is 1. The molecule has 28 heavy (non-hydrogen) atoms. The van der Waals surface area contributed by atoms with Crippen molar-refractivity contribution in [3.05, 3.63) is 57.9 Å². The Morgan fingerprint density at radius 3 is 2.64 bits per heavy atom. The van der Waals surface area contributed by atoms with Crippen molar-refractivity contribution in [3.8, 4) is 0 Å². The fraction of sp³-hybridized carbons (Fsp3) is 0.455. The Morgan fingerprint density at radius 1 is 1.25 bits per heavy atom. The second-order valence-electron chi connectivity index (χ2n) is 7.54. The van der Waals surface area contributed by atoms with Gasteiger partial charge in [0.05, 0.1) is 12.1 Å². The maximum Gasteiger partial charge on any atom is 0.355 e. The normalized spacial score (nSPS) is 18.1. The number of esters is 1. The highest BCUT2D eigenvalue weighted by Gasteiger charge is 2.27. The standard InChI is InChI=1S/C22H28N2O4/c1-12-19(14(3)25)13(2)23-20(12)22(27)28-15(4)21(26)24-18-11-7-9-16-8-5-6-10-17(16)18/h5-6,8,10,14-15,18,23,25H,7,9,11H2,1-4H3,(H,24,26)/t14-,15-,18+/m1/s1. The van der Waals surface area contributed by atoms with Crippen molar-refractivity contribution in [2.75, 3.05) is 0 Å². The molecular formula is C22H28N2O4. The lowest BCUT2D eigenvalue weighted by molar-refractivity contribution is -0.130. The number of hydrogen-bond donors (Lipinski definition) is 3.